The Morgan fingerprint density at radius 1 is 0.750 bits per heavy atom. The first-order chi connectivity index (χ1) is 7.60. The molecule has 0 radical (unpaired) electrons. The Hall–Kier alpha value is -0.200. The Morgan fingerprint density at radius 2 is 1.19 bits per heavy atom. The third-order valence-electron chi connectivity index (χ3n) is 3.48. The third kappa shape index (κ3) is 3.40. The van der Waals surface area contributed by atoms with Gasteiger partial charge >= 0.3 is 0 Å². The van der Waals surface area contributed by atoms with E-state index in [4.69, 9.17) is 14.2 Å². The molecule has 0 unspecified atom stereocenters. The van der Waals surface area contributed by atoms with Gasteiger partial charge in [-0.1, -0.05) is 0 Å². The molecule has 1 heterocycles. The van der Waals surface area contributed by atoms with E-state index in [2.05, 4.69) is 7.05 Å². The van der Waals surface area contributed by atoms with Gasteiger partial charge in [0.05, 0.1) is 7.05 Å². The first-order valence-electron chi connectivity index (χ1n) is 5.75. The fourth-order valence-corrected chi connectivity index (χ4v) is 2.41. The molecule has 96 valence electrons. The smallest absolute Gasteiger partial charge is 0.184 e. The van der Waals surface area contributed by atoms with Gasteiger partial charge in [0.15, 0.2) is 20.2 Å². The molecule has 0 aliphatic carbocycles. The molecule has 5 heteroatoms. The molecule has 0 spiro atoms. The summed E-state index contributed by atoms with van der Waals surface area (Å²) in [5.74, 6) is 0. The number of hydrogen-bond donors (Lipinski definition) is 0. The second kappa shape index (κ2) is 5.93. The van der Waals surface area contributed by atoms with E-state index in [0.717, 1.165) is 55.3 Å². The van der Waals surface area contributed by atoms with Crippen LogP contribution < -0.4 is 0 Å². The van der Waals surface area contributed by atoms with Crippen LogP contribution in [-0.4, -0.2) is 83.7 Å². The summed E-state index contributed by atoms with van der Waals surface area (Å²) in [4.78, 5) is 0. The van der Waals surface area contributed by atoms with E-state index in [1.165, 1.54) is 0 Å². The molecule has 0 N–H and O–H groups in total. The van der Waals surface area contributed by atoms with Crippen LogP contribution in [0.4, 0.5) is 0 Å². The first-order valence-corrected chi connectivity index (χ1v) is 5.75. The predicted molar refractivity (Wildman–Crippen MR) is 61.5 cm³/mol. The summed E-state index contributed by atoms with van der Waals surface area (Å²) in [7, 11) is 7.53. The first kappa shape index (κ1) is 13.9. The highest BCUT2D eigenvalue weighted by atomic mass is 16.5. The lowest BCUT2D eigenvalue weighted by Gasteiger charge is -2.46. The van der Waals surface area contributed by atoms with Crippen LogP contribution in [0.1, 0.15) is 0 Å². The SMILES string of the molecule is COC[N+]1(C)CC[N+](COC)(COC)CC1. The zero-order valence-electron chi connectivity index (χ0n) is 11.1. The van der Waals surface area contributed by atoms with Crippen LogP contribution in [0, 0.1) is 0 Å². The van der Waals surface area contributed by atoms with E-state index in [1.807, 2.05) is 0 Å². The molecule has 0 aromatic carbocycles. The van der Waals surface area contributed by atoms with Gasteiger partial charge in [-0.25, -0.2) is 0 Å². The van der Waals surface area contributed by atoms with E-state index in [-0.39, 0.29) is 0 Å². The largest absolute Gasteiger partial charge is 0.335 e. The fraction of sp³-hybridized carbons (Fsp3) is 1.00. The number of piperazine rings is 1. The van der Waals surface area contributed by atoms with Gasteiger partial charge in [0.2, 0.25) is 0 Å². The molecule has 16 heavy (non-hydrogen) atoms. The van der Waals surface area contributed by atoms with Crippen LogP contribution in [0.15, 0.2) is 0 Å². The van der Waals surface area contributed by atoms with Crippen molar-refractivity contribution in [2.75, 3.05) is 74.7 Å². The van der Waals surface area contributed by atoms with Crippen LogP contribution >= 0.6 is 0 Å². The average Bonchev–Trinajstić information content (AvgIpc) is 2.24. The lowest BCUT2D eigenvalue weighted by atomic mass is 10.2. The van der Waals surface area contributed by atoms with Crippen molar-refractivity contribution >= 4 is 0 Å². The Bertz CT molecular complexity index is 195. The van der Waals surface area contributed by atoms with E-state index >= 15 is 0 Å². The topological polar surface area (TPSA) is 27.7 Å². The summed E-state index contributed by atoms with van der Waals surface area (Å²) in [6.07, 6.45) is 0. The van der Waals surface area contributed by atoms with Gasteiger partial charge in [-0.2, -0.15) is 0 Å². The highest BCUT2D eigenvalue weighted by molar-refractivity contribution is 4.47. The fourth-order valence-electron chi connectivity index (χ4n) is 2.41. The number of likely N-dealkylation sites (N-methyl/N-ethyl adjacent to an activating group) is 1. The second-order valence-corrected chi connectivity index (χ2v) is 5.11. The second-order valence-electron chi connectivity index (χ2n) is 5.11. The highest BCUT2D eigenvalue weighted by Gasteiger charge is 2.39. The molecule has 0 saturated carbocycles. The minimum absolute atomic E-state index is 0.737. The lowest BCUT2D eigenvalue weighted by molar-refractivity contribution is -1.05. The zero-order chi connectivity index (χ0) is 12.1. The van der Waals surface area contributed by atoms with Crippen molar-refractivity contribution in [1.29, 1.82) is 0 Å². The number of rotatable bonds is 6. The van der Waals surface area contributed by atoms with Crippen LogP contribution in [0.2, 0.25) is 0 Å². The molecular formula is C11H26N2O3+2. The number of methoxy groups -OCH3 is 3. The van der Waals surface area contributed by atoms with Gasteiger partial charge in [0.1, 0.15) is 26.2 Å². The van der Waals surface area contributed by atoms with E-state index in [1.54, 1.807) is 21.3 Å². The minimum Gasteiger partial charge on any atom is -0.335 e. The number of nitrogens with zero attached hydrogens (tertiary/aromatic N) is 2. The monoisotopic (exact) mass is 234 g/mol. The average molecular weight is 234 g/mol. The molecule has 5 nitrogen and oxygen atoms in total. The van der Waals surface area contributed by atoms with Crippen molar-refractivity contribution in [2.45, 2.75) is 0 Å². The number of quaternary nitrogens is 2. The number of ether oxygens (including phenoxy) is 3. The third-order valence-corrected chi connectivity index (χ3v) is 3.48. The summed E-state index contributed by atoms with van der Waals surface area (Å²) in [6.45, 7) is 6.66. The maximum Gasteiger partial charge on any atom is 0.184 e. The normalized spacial score (nSPS) is 23.2. The molecule has 1 fully saturated rings. The summed E-state index contributed by atoms with van der Waals surface area (Å²) in [5, 5.41) is 0. The van der Waals surface area contributed by atoms with Crippen molar-refractivity contribution in [3.05, 3.63) is 0 Å². The summed E-state index contributed by atoms with van der Waals surface area (Å²) in [5.41, 5.74) is 0. The van der Waals surface area contributed by atoms with Gasteiger partial charge in [-0.3, -0.25) is 8.97 Å². The van der Waals surface area contributed by atoms with E-state index < -0.39 is 0 Å². The molecule has 0 amide bonds. The van der Waals surface area contributed by atoms with Crippen molar-refractivity contribution in [2.24, 2.45) is 0 Å². The van der Waals surface area contributed by atoms with Gasteiger partial charge in [0.25, 0.3) is 0 Å². The molecule has 1 rings (SSSR count). The predicted octanol–water partition coefficient (Wildman–Crippen LogP) is 0.0751. The lowest BCUT2D eigenvalue weighted by Crippen LogP contribution is -2.66. The maximum absolute atomic E-state index is 5.32. The minimum atomic E-state index is 0.737. The van der Waals surface area contributed by atoms with Crippen LogP contribution in [0.25, 0.3) is 0 Å². The standard InChI is InChI=1S/C11H26N2O3/c1-12(9-14-2)5-7-13(8-6-12,10-15-3)11-16-4/h5-11H2,1-4H3/q+2. The molecule has 0 atom stereocenters. The summed E-state index contributed by atoms with van der Waals surface area (Å²) in [6, 6.07) is 0. The summed E-state index contributed by atoms with van der Waals surface area (Å²) >= 11 is 0. The van der Waals surface area contributed by atoms with E-state index in [9.17, 15) is 0 Å². The molecular weight excluding hydrogens is 208 g/mol. The zero-order valence-corrected chi connectivity index (χ0v) is 11.1. The van der Waals surface area contributed by atoms with Crippen molar-refractivity contribution in [3.63, 3.8) is 0 Å². The molecule has 0 aromatic heterocycles. The quantitative estimate of drug-likeness (QED) is 0.609. The highest BCUT2D eigenvalue weighted by Crippen LogP contribution is 2.17. The van der Waals surface area contributed by atoms with Gasteiger partial charge in [0, 0.05) is 21.3 Å². The van der Waals surface area contributed by atoms with Crippen LogP contribution in [0.5, 0.6) is 0 Å². The van der Waals surface area contributed by atoms with Gasteiger partial charge in [-0.05, 0) is 0 Å². The Kier molecular flexibility index (Phi) is 5.14. The Labute approximate surface area is 98.7 Å². The number of hydrogen-bond acceptors (Lipinski definition) is 3. The Morgan fingerprint density at radius 3 is 1.56 bits per heavy atom. The van der Waals surface area contributed by atoms with Crippen molar-refractivity contribution in [1.82, 2.24) is 0 Å². The van der Waals surface area contributed by atoms with Crippen LogP contribution in [0.3, 0.4) is 0 Å². The van der Waals surface area contributed by atoms with E-state index in [0.29, 0.717) is 0 Å². The molecule has 0 aromatic rings. The van der Waals surface area contributed by atoms with Crippen molar-refractivity contribution in [3.8, 4) is 0 Å². The summed E-state index contributed by atoms with van der Waals surface area (Å²) < 4.78 is 17.8. The molecule has 1 saturated heterocycles. The molecule has 1 aliphatic heterocycles. The molecule has 0 bridgehead atoms. The van der Waals surface area contributed by atoms with Crippen molar-refractivity contribution < 1.29 is 23.2 Å². The molecule has 1 aliphatic rings. The van der Waals surface area contributed by atoms with Gasteiger partial charge < -0.3 is 14.2 Å². The maximum atomic E-state index is 5.32. The van der Waals surface area contributed by atoms with Gasteiger partial charge in [-0.15, -0.1) is 0 Å². The van der Waals surface area contributed by atoms with Crippen LogP contribution in [-0.2, 0) is 14.2 Å². The Balaban J connectivity index is 2.54.